The number of H-pyrrole nitrogens is 1. The Hall–Kier alpha value is -1.65. The number of carbonyl (C=O) groups is 1. The Bertz CT molecular complexity index is 355. The van der Waals surface area contributed by atoms with Crippen LogP contribution in [-0.2, 0) is 0 Å². The van der Waals surface area contributed by atoms with Gasteiger partial charge >= 0.3 is 0 Å². The quantitative estimate of drug-likeness (QED) is 0.663. The van der Waals surface area contributed by atoms with E-state index in [-0.39, 0.29) is 5.91 Å². The van der Waals surface area contributed by atoms with E-state index in [0.717, 1.165) is 13.0 Å². The van der Waals surface area contributed by atoms with E-state index in [1.54, 1.807) is 4.90 Å². The molecule has 0 radical (unpaired) electrons. The van der Waals surface area contributed by atoms with E-state index >= 15 is 0 Å². The van der Waals surface area contributed by atoms with Crippen LogP contribution in [0.2, 0.25) is 0 Å². The van der Waals surface area contributed by atoms with Crippen molar-refractivity contribution in [2.45, 2.75) is 13.3 Å². The Morgan fingerprint density at radius 3 is 3.07 bits per heavy atom. The van der Waals surface area contributed by atoms with Crippen molar-refractivity contribution in [3.05, 3.63) is 23.8 Å². The predicted octanol–water partition coefficient (Wildman–Crippen LogP) is 0.597. The molecule has 74 valence electrons. The molecular formula is C9H12N4O. The van der Waals surface area contributed by atoms with Crippen LogP contribution in [-0.4, -0.2) is 39.1 Å². The maximum Gasteiger partial charge on any atom is 0.291 e. The fraction of sp³-hybridized carbons (Fsp3) is 0.444. The molecule has 1 aliphatic heterocycles. The number of hydrogen-bond acceptors (Lipinski definition) is 3. The summed E-state index contributed by atoms with van der Waals surface area (Å²) in [5.41, 5.74) is 1.34. The highest BCUT2D eigenvalue weighted by Crippen LogP contribution is 2.10. The second kappa shape index (κ2) is 3.61. The van der Waals surface area contributed by atoms with Crippen LogP contribution in [0.4, 0.5) is 0 Å². The van der Waals surface area contributed by atoms with E-state index in [4.69, 9.17) is 0 Å². The topological polar surface area (TPSA) is 61.9 Å². The van der Waals surface area contributed by atoms with Crippen molar-refractivity contribution in [3.63, 3.8) is 0 Å². The first-order chi connectivity index (χ1) is 6.77. The number of nitrogens with one attached hydrogen (secondary N) is 1. The van der Waals surface area contributed by atoms with Gasteiger partial charge in [-0.3, -0.25) is 9.89 Å². The van der Waals surface area contributed by atoms with Crippen molar-refractivity contribution in [3.8, 4) is 0 Å². The van der Waals surface area contributed by atoms with Crippen LogP contribution in [0.5, 0.6) is 0 Å². The molecule has 1 N–H and O–H groups in total. The molecule has 1 amide bonds. The largest absolute Gasteiger partial charge is 0.332 e. The molecule has 0 atom stereocenters. The number of carbonyl (C=O) groups excluding carboxylic acids is 1. The molecule has 0 saturated heterocycles. The highest BCUT2D eigenvalue weighted by molar-refractivity contribution is 5.90. The molecule has 14 heavy (non-hydrogen) atoms. The summed E-state index contributed by atoms with van der Waals surface area (Å²) in [5, 5.41) is 6.23. The van der Waals surface area contributed by atoms with Gasteiger partial charge in [0.05, 0.1) is 0 Å². The minimum Gasteiger partial charge on any atom is -0.332 e. The molecule has 2 rings (SSSR count). The number of hydrogen-bond donors (Lipinski definition) is 1. The van der Waals surface area contributed by atoms with Gasteiger partial charge in [0.1, 0.15) is 6.33 Å². The molecule has 0 bridgehead atoms. The van der Waals surface area contributed by atoms with Gasteiger partial charge in [-0.05, 0) is 13.3 Å². The third kappa shape index (κ3) is 1.66. The van der Waals surface area contributed by atoms with Crippen LogP contribution >= 0.6 is 0 Å². The molecule has 0 aromatic carbocycles. The molecule has 1 aliphatic rings. The van der Waals surface area contributed by atoms with Crippen LogP contribution in [0.3, 0.4) is 0 Å². The monoisotopic (exact) mass is 192 g/mol. The SMILES string of the molecule is CC1=CCN(C(=O)c2ncn[nH]2)CC1. The minimum atomic E-state index is -0.0775. The number of nitrogens with zero attached hydrogens (tertiary/aromatic N) is 3. The number of rotatable bonds is 1. The highest BCUT2D eigenvalue weighted by atomic mass is 16.2. The van der Waals surface area contributed by atoms with Gasteiger partial charge in [-0.25, -0.2) is 4.98 Å². The molecule has 1 aromatic rings. The van der Waals surface area contributed by atoms with Gasteiger partial charge in [-0.1, -0.05) is 11.6 Å². The van der Waals surface area contributed by atoms with E-state index in [1.165, 1.54) is 11.9 Å². The maximum atomic E-state index is 11.7. The average molecular weight is 192 g/mol. The summed E-state index contributed by atoms with van der Waals surface area (Å²) < 4.78 is 0. The first-order valence-electron chi connectivity index (χ1n) is 4.57. The second-order valence-corrected chi connectivity index (χ2v) is 3.39. The maximum absolute atomic E-state index is 11.7. The Morgan fingerprint density at radius 1 is 1.64 bits per heavy atom. The van der Waals surface area contributed by atoms with Crippen molar-refractivity contribution in [1.82, 2.24) is 20.1 Å². The summed E-state index contributed by atoms with van der Waals surface area (Å²) in [4.78, 5) is 17.3. The molecular weight excluding hydrogens is 180 g/mol. The summed E-state index contributed by atoms with van der Waals surface area (Å²) in [5.74, 6) is 0.240. The predicted molar refractivity (Wildman–Crippen MR) is 50.7 cm³/mol. The number of aromatic nitrogens is 3. The third-order valence-corrected chi connectivity index (χ3v) is 2.34. The lowest BCUT2D eigenvalue weighted by molar-refractivity contribution is 0.0757. The summed E-state index contributed by atoms with van der Waals surface area (Å²) in [7, 11) is 0. The summed E-state index contributed by atoms with van der Waals surface area (Å²) >= 11 is 0. The van der Waals surface area contributed by atoms with Crippen LogP contribution in [0, 0.1) is 0 Å². The summed E-state index contributed by atoms with van der Waals surface area (Å²) in [6.07, 6.45) is 4.36. The Kier molecular flexibility index (Phi) is 2.30. The van der Waals surface area contributed by atoms with Gasteiger partial charge in [-0.2, -0.15) is 5.10 Å². The normalized spacial score (nSPS) is 16.6. The van der Waals surface area contributed by atoms with Crippen molar-refractivity contribution in [1.29, 1.82) is 0 Å². The molecule has 0 spiro atoms. The Labute approximate surface area is 81.8 Å². The highest BCUT2D eigenvalue weighted by Gasteiger charge is 2.19. The van der Waals surface area contributed by atoms with Crippen LogP contribution in [0.1, 0.15) is 24.0 Å². The van der Waals surface area contributed by atoms with Gasteiger partial charge < -0.3 is 4.90 Å². The lowest BCUT2D eigenvalue weighted by Gasteiger charge is -2.24. The lowest BCUT2D eigenvalue weighted by Crippen LogP contribution is -2.35. The second-order valence-electron chi connectivity index (χ2n) is 3.39. The number of amides is 1. The third-order valence-electron chi connectivity index (χ3n) is 2.34. The first kappa shape index (κ1) is 8.93. The zero-order chi connectivity index (χ0) is 9.97. The molecule has 5 nitrogen and oxygen atoms in total. The van der Waals surface area contributed by atoms with E-state index < -0.39 is 0 Å². The summed E-state index contributed by atoms with van der Waals surface area (Å²) in [6.45, 7) is 3.52. The molecule has 1 aromatic heterocycles. The van der Waals surface area contributed by atoms with Crippen molar-refractivity contribution >= 4 is 5.91 Å². The van der Waals surface area contributed by atoms with E-state index in [2.05, 4.69) is 28.2 Å². The minimum absolute atomic E-state index is 0.0775. The van der Waals surface area contributed by atoms with Gasteiger partial charge in [-0.15, -0.1) is 0 Å². The van der Waals surface area contributed by atoms with Crippen molar-refractivity contribution in [2.24, 2.45) is 0 Å². The van der Waals surface area contributed by atoms with E-state index in [1.807, 2.05) is 0 Å². The van der Waals surface area contributed by atoms with Crippen molar-refractivity contribution < 1.29 is 4.79 Å². The van der Waals surface area contributed by atoms with E-state index in [0.29, 0.717) is 12.4 Å². The van der Waals surface area contributed by atoms with Crippen molar-refractivity contribution in [2.75, 3.05) is 13.1 Å². The molecule has 5 heteroatoms. The fourth-order valence-corrected chi connectivity index (χ4v) is 1.41. The van der Waals surface area contributed by atoms with Crippen LogP contribution < -0.4 is 0 Å². The fourth-order valence-electron chi connectivity index (χ4n) is 1.41. The standard InChI is InChI=1S/C9H12N4O/c1-7-2-4-13(5-3-7)9(14)8-10-6-11-12-8/h2,6H,3-5H2,1H3,(H,10,11,12). The van der Waals surface area contributed by atoms with Gasteiger partial charge in [0.15, 0.2) is 0 Å². The smallest absolute Gasteiger partial charge is 0.291 e. The van der Waals surface area contributed by atoms with Gasteiger partial charge in [0, 0.05) is 13.1 Å². The first-order valence-corrected chi connectivity index (χ1v) is 4.57. The van der Waals surface area contributed by atoms with Gasteiger partial charge in [0.2, 0.25) is 5.82 Å². The molecule has 0 saturated carbocycles. The summed E-state index contributed by atoms with van der Waals surface area (Å²) in [6, 6.07) is 0. The Morgan fingerprint density at radius 2 is 2.50 bits per heavy atom. The molecule has 0 fully saturated rings. The zero-order valence-corrected chi connectivity index (χ0v) is 8.03. The zero-order valence-electron chi connectivity index (χ0n) is 8.03. The van der Waals surface area contributed by atoms with Gasteiger partial charge in [0.25, 0.3) is 5.91 Å². The van der Waals surface area contributed by atoms with Crippen LogP contribution in [0.25, 0.3) is 0 Å². The average Bonchev–Trinajstić information content (AvgIpc) is 2.71. The number of aromatic amines is 1. The molecule has 2 heterocycles. The molecule has 0 unspecified atom stereocenters. The molecule has 0 aliphatic carbocycles. The van der Waals surface area contributed by atoms with Crippen LogP contribution in [0.15, 0.2) is 18.0 Å². The Balaban J connectivity index is 2.07. The lowest BCUT2D eigenvalue weighted by atomic mass is 10.1. The van der Waals surface area contributed by atoms with E-state index in [9.17, 15) is 4.79 Å².